The first-order chi connectivity index (χ1) is 15.0. The Kier molecular flexibility index (Phi) is 8.26. The topological polar surface area (TPSA) is 57.9 Å². The summed E-state index contributed by atoms with van der Waals surface area (Å²) >= 11 is 0. The number of hydrogen-bond donors (Lipinski definition) is 0. The van der Waals surface area contributed by atoms with Gasteiger partial charge in [-0.05, 0) is 58.9 Å². The molecule has 1 aromatic heterocycles. The molecular formula is C22H35BF3N3O3Si. The van der Waals surface area contributed by atoms with Gasteiger partial charge in [-0.3, -0.25) is 4.99 Å². The van der Waals surface area contributed by atoms with Crippen LogP contribution in [-0.2, 0) is 27.0 Å². The van der Waals surface area contributed by atoms with E-state index in [0.717, 1.165) is 17.7 Å². The molecule has 0 aliphatic carbocycles. The Morgan fingerprint density at radius 3 is 2.27 bits per heavy atom. The lowest BCUT2D eigenvalue weighted by atomic mass is 9.79. The predicted molar refractivity (Wildman–Crippen MR) is 129 cm³/mol. The summed E-state index contributed by atoms with van der Waals surface area (Å²) in [6.07, 6.45) is -0.383. The van der Waals surface area contributed by atoms with Crippen molar-refractivity contribution >= 4 is 27.6 Å². The third-order valence-electron chi connectivity index (χ3n) is 5.82. The Labute approximate surface area is 196 Å². The normalized spacial score (nSPS) is 19.3. The van der Waals surface area contributed by atoms with Crippen LogP contribution in [0.15, 0.2) is 28.8 Å². The molecule has 2 heterocycles. The number of allylic oxidation sites excluding steroid dienone is 3. The van der Waals surface area contributed by atoms with Crippen molar-refractivity contribution < 1.29 is 27.2 Å². The molecule has 0 bridgehead atoms. The second-order valence-electron chi connectivity index (χ2n) is 10.5. The number of hydrogen-bond acceptors (Lipinski definition) is 5. The molecule has 1 aliphatic heterocycles. The summed E-state index contributed by atoms with van der Waals surface area (Å²) < 4.78 is 59.0. The van der Waals surface area contributed by atoms with E-state index < -0.39 is 38.3 Å². The fourth-order valence-electron chi connectivity index (χ4n) is 2.91. The monoisotopic (exact) mass is 485 g/mol. The Balaban J connectivity index is 2.29. The van der Waals surface area contributed by atoms with Crippen LogP contribution in [0.2, 0.25) is 25.7 Å². The Bertz CT molecular complexity index is 902. The summed E-state index contributed by atoms with van der Waals surface area (Å²) in [7, 11) is -1.90. The van der Waals surface area contributed by atoms with Crippen molar-refractivity contribution in [3.63, 3.8) is 0 Å². The van der Waals surface area contributed by atoms with Crippen LogP contribution in [0.4, 0.5) is 13.2 Å². The SMILES string of the molecule is C=N/C(=C\C=C(/C)B1OC(C)(C)C(C)(C)O1)c1nc(C(F)(F)F)cn1COCC[Si](C)(C)C. The molecule has 0 unspecified atom stereocenters. The van der Waals surface area contributed by atoms with Gasteiger partial charge in [0.15, 0.2) is 11.5 Å². The lowest BCUT2D eigenvalue weighted by Crippen LogP contribution is -2.41. The molecular weight excluding hydrogens is 450 g/mol. The molecule has 1 fully saturated rings. The average Bonchev–Trinajstić information content (AvgIpc) is 3.17. The maximum atomic E-state index is 13.3. The lowest BCUT2D eigenvalue weighted by Gasteiger charge is -2.32. The van der Waals surface area contributed by atoms with Gasteiger partial charge in [-0.15, -0.1) is 0 Å². The molecule has 33 heavy (non-hydrogen) atoms. The van der Waals surface area contributed by atoms with Gasteiger partial charge < -0.3 is 18.6 Å². The van der Waals surface area contributed by atoms with E-state index in [2.05, 4.69) is 36.3 Å². The molecule has 0 spiro atoms. The number of aliphatic imine (C=N–C) groups is 1. The zero-order valence-electron chi connectivity index (χ0n) is 20.8. The molecule has 0 saturated carbocycles. The van der Waals surface area contributed by atoms with E-state index in [0.29, 0.717) is 6.61 Å². The van der Waals surface area contributed by atoms with Crippen molar-refractivity contribution in [3.8, 4) is 0 Å². The van der Waals surface area contributed by atoms with E-state index in [1.807, 2.05) is 34.6 Å². The molecule has 0 amide bonds. The number of alkyl halides is 3. The van der Waals surface area contributed by atoms with Crippen molar-refractivity contribution in [2.24, 2.45) is 4.99 Å². The van der Waals surface area contributed by atoms with E-state index in [-0.39, 0.29) is 18.3 Å². The van der Waals surface area contributed by atoms with Crippen LogP contribution in [0, 0.1) is 0 Å². The van der Waals surface area contributed by atoms with Gasteiger partial charge in [-0.25, -0.2) is 4.98 Å². The number of halogens is 3. The summed E-state index contributed by atoms with van der Waals surface area (Å²) in [6, 6.07) is 0.904. The fourth-order valence-corrected chi connectivity index (χ4v) is 3.67. The molecule has 1 aliphatic rings. The van der Waals surface area contributed by atoms with Gasteiger partial charge in [-0.2, -0.15) is 13.2 Å². The van der Waals surface area contributed by atoms with Crippen LogP contribution < -0.4 is 0 Å². The van der Waals surface area contributed by atoms with Crippen LogP contribution in [0.5, 0.6) is 0 Å². The molecule has 6 nitrogen and oxygen atoms in total. The zero-order chi connectivity index (χ0) is 25.2. The molecule has 2 rings (SSSR count). The number of imidazole rings is 1. The molecule has 11 heteroatoms. The number of nitrogens with zero attached hydrogens (tertiary/aromatic N) is 3. The first kappa shape index (κ1) is 27.6. The summed E-state index contributed by atoms with van der Waals surface area (Å²) in [6.45, 7) is 20.2. The first-order valence-electron chi connectivity index (χ1n) is 10.9. The van der Waals surface area contributed by atoms with Crippen molar-refractivity contribution in [2.45, 2.75) is 84.4 Å². The minimum absolute atomic E-state index is 0.0308. The summed E-state index contributed by atoms with van der Waals surface area (Å²) in [5.41, 5.74) is -1.07. The van der Waals surface area contributed by atoms with Crippen LogP contribution >= 0.6 is 0 Å². The second kappa shape index (κ2) is 9.89. The highest BCUT2D eigenvalue weighted by Crippen LogP contribution is 2.38. The molecule has 0 aromatic carbocycles. The van der Waals surface area contributed by atoms with Crippen LogP contribution in [-0.4, -0.2) is 49.3 Å². The molecule has 184 valence electrons. The smallest absolute Gasteiger partial charge is 0.400 e. The van der Waals surface area contributed by atoms with Gasteiger partial charge in [0.2, 0.25) is 0 Å². The molecule has 0 N–H and O–H groups in total. The third kappa shape index (κ3) is 7.15. The average molecular weight is 485 g/mol. The van der Waals surface area contributed by atoms with Gasteiger partial charge in [0.1, 0.15) is 12.4 Å². The number of ether oxygens (including phenoxy) is 1. The molecule has 1 saturated heterocycles. The quantitative estimate of drug-likeness (QED) is 0.191. The Morgan fingerprint density at radius 2 is 1.79 bits per heavy atom. The van der Waals surface area contributed by atoms with E-state index in [9.17, 15) is 13.2 Å². The Morgan fingerprint density at radius 1 is 1.21 bits per heavy atom. The highest BCUT2D eigenvalue weighted by Gasteiger charge is 2.51. The van der Waals surface area contributed by atoms with Crippen LogP contribution in [0.1, 0.15) is 46.1 Å². The Hall–Kier alpha value is -1.69. The summed E-state index contributed by atoms with van der Waals surface area (Å²) in [5.74, 6) is 0.0308. The van der Waals surface area contributed by atoms with E-state index >= 15 is 0 Å². The van der Waals surface area contributed by atoms with Gasteiger partial charge in [-0.1, -0.05) is 25.7 Å². The van der Waals surface area contributed by atoms with Gasteiger partial charge in [0.25, 0.3) is 0 Å². The molecule has 0 radical (unpaired) electrons. The van der Waals surface area contributed by atoms with Gasteiger partial charge in [0.05, 0.1) is 11.2 Å². The molecule has 1 aromatic rings. The molecule has 0 atom stereocenters. The minimum atomic E-state index is -4.58. The first-order valence-corrected chi connectivity index (χ1v) is 14.6. The van der Waals surface area contributed by atoms with Crippen LogP contribution in [0.25, 0.3) is 5.70 Å². The van der Waals surface area contributed by atoms with E-state index in [1.54, 1.807) is 12.2 Å². The largest absolute Gasteiger partial charge is 0.490 e. The van der Waals surface area contributed by atoms with E-state index in [1.165, 1.54) is 4.57 Å². The zero-order valence-corrected chi connectivity index (χ0v) is 21.8. The number of aromatic nitrogens is 2. The standard InChI is InChI=1S/C22H35BF3N3O3Si/c1-16(23-31-20(2,3)21(4,5)32-23)10-11-17(27-6)19-28-18(22(24,25)26)14-29(19)15-30-12-13-33(7,8)9/h10-11,14H,6,12-13,15H2,1-5,7-9H3/b16-10+,17-11-. The highest BCUT2D eigenvalue weighted by molar-refractivity contribution is 6.76. The summed E-state index contributed by atoms with van der Waals surface area (Å²) in [4.78, 5) is 7.70. The van der Waals surface area contributed by atoms with Crippen molar-refractivity contribution in [3.05, 3.63) is 35.3 Å². The predicted octanol–water partition coefficient (Wildman–Crippen LogP) is 5.83. The van der Waals surface area contributed by atoms with E-state index in [4.69, 9.17) is 14.0 Å². The van der Waals surface area contributed by atoms with Gasteiger partial charge >= 0.3 is 13.3 Å². The minimum Gasteiger partial charge on any atom is -0.400 e. The number of rotatable bonds is 9. The second-order valence-corrected chi connectivity index (χ2v) is 16.1. The highest BCUT2D eigenvalue weighted by atomic mass is 28.3. The van der Waals surface area contributed by atoms with Crippen molar-refractivity contribution in [1.82, 2.24) is 9.55 Å². The summed E-state index contributed by atoms with van der Waals surface area (Å²) in [5, 5.41) is 0. The van der Waals surface area contributed by atoms with Crippen molar-refractivity contribution in [1.29, 1.82) is 0 Å². The van der Waals surface area contributed by atoms with Crippen molar-refractivity contribution in [2.75, 3.05) is 6.61 Å². The lowest BCUT2D eigenvalue weighted by molar-refractivity contribution is -0.141. The van der Waals surface area contributed by atoms with Crippen LogP contribution in [0.3, 0.4) is 0 Å². The van der Waals surface area contributed by atoms with Gasteiger partial charge in [0, 0.05) is 20.9 Å². The fraction of sp³-hybridized carbons (Fsp3) is 0.636. The maximum absolute atomic E-state index is 13.3. The third-order valence-corrected chi connectivity index (χ3v) is 7.53. The maximum Gasteiger partial charge on any atom is 0.490 e.